The number of aryl methyl sites for hydroxylation is 3. The van der Waals surface area contributed by atoms with E-state index < -0.39 is 15.9 Å². The number of nitrogens with zero attached hydrogens (tertiary/aromatic N) is 3. The number of thiophene rings is 1. The summed E-state index contributed by atoms with van der Waals surface area (Å²) < 4.78 is 27.4. The highest BCUT2D eigenvalue weighted by atomic mass is 32.2. The zero-order valence-electron chi connectivity index (χ0n) is 16.6. The smallest absolute Gasteiger partial charge is 0.262 e. The molecule has 0 unspecified atom stereocenters. The number of hydrogen-bond donors (Lipinski definition) is 1. The Morgan fingerprint density at radius 3 is 2.62 bits per heavy atom. The first kappa shape index (κ1) is 21.2. The van der Waals surface area contributed by atoms with Gasteiger partial charge < -0.3 is 5.32 Å². The summed E-state index contributed by atoms with van der Waals surface area (Å²) in [5, 5.41) is 3.22. The molecule has 0 radical (unpaired) electrons. The van der Waals surface area contributed by atoms with E-state index >= 15 is 0 Å². The Hall–Kier alpha value is -2.56. The van der Waals surface area contributed by atoms with E-state index in [2.05, 4.69) is 10.3 Å². The minimum Gasteiger partial charge on any atom is -0.325 e. The number of anilines is 1. The molecule has 0 saturated heterocycles. The number of carbonyl (C=O) groups excluding carboxylic acids is 1. The third-order valence-electron chi connectivity index (χ3n) is 4.66. The van der Waals surface area contributed by atoms with Crippen molar-refractivity contribution in [1.82, 2.24) is 13.9 Å². The normalized spacial score (nSPS) is 11.9. The van der Waals surface area contributed by atoms with E-state index in [9.17, 15) is 18.0 Å². The average Bonchev–Trinajstić information content (AvgIpc) is 2.96. The zero-order valence-corrected chi connectivity index (χ0v) is 18.2. The molecule has 0 atom stereocenters. The Kier molecular flexibility index (Phi) is 5.87. The largest absolute Gasteiger partial charge is 0.325 e. The van der Waals surface area contributed by atoms with Gasteiger partial charge in [-0.1, -0.05) is 12.1 Å². The topological polar surface area (TPSA) is 101 Å². The number of carbonyl (C=O) groups is 1. The van der Waals surface area contributed by atoms with E-state index in [-0.39, 0.29) is 29.1 Å². The SMILES string of the molecule is Cc1sc2ncn(CCC(=O)Nc3ccccc3S(=O)(=O)N(C)C)c(=O)c2c1C. The standard InChI is InChI=1S/C19H22N4O4S2/c1-12-13(2)28-18-17(12)19(25)23(11-20-18)10-9-16(24)21-14-7-5-6-8-15(14)29(26,27)22(3)4/h5-8,11H,9-10H2,1-4H3,(H,21,24). The molecule has 0 aliphatic rings. The fourth-order valence-electron chi connectivity index (χ4n) is 2.86. The van der Waals surface area contributed by atoms with Gasteiger partial charge >= 0.3 is 0 Å². The number of sulfonamides is 1. The molecule has 29 heavy (non-hydrogen) atoms. The number of fused-ring (bicyclic) bond motifs is 1. The first-order valence-corrected chi connectivity index (χ1v) is 11.1. The number of amides is 1. The van der Waals surface area contributed by atoms with Gasteiger partial charge in [-0.3, -0.25) is 14.2 Å². The van der Waals surface area contributed by atoms with Crippen LogP contribution in [0.3, 0.4) is 0 Å². The van der Waals surface area contributed by atoms with Gasteiger partial charge in [-0.05, 0) is 31.5 Å². The molecule has 0 bridgehead atoms. The summed E-state index contributed by atoms with van der Waals surface area (Å²) in [5.41, 5.74) is 0.931. The predicted octanol–water partition coefficient (Wildman–Crippen LogP) is 2.35. The van der Waals surface area contributed by atoms with Gasteiger partial charge in [-0.25, -0.2) is 17.7 Å². The van der Waals surface area contributed by atoms with E-state index in [1.165, 1.54) is 48.5 Å². The molecule has 10 heteroatoms. The second-order valence-electron chi connectivity index (χ2n) is 6.79. The van der Waals surface area contributed by atoms with Gasteiger partial charge in [0.25, 0.3) is 5.56 Å². The van der Waals surface area contributed by atoms with Crippen LogP contribution in [0, 0.1) is 13.8 Å². The van der Waals surface area contributed by atoms with Crippen LogP contribution < -0.4 is 10.9 Å². The van der Waals surface area contributed by atoms with Crippen molar-refractivity contribution < 1.29 is 13.2 Å². The van der Waals surface area contributed by atoms with Gasteiger partial charge in [-0.15, -0.1) is 11.3 Å². The van der Waals surface area contributed by atoms with Gasteiger partial charge in [0.15, 0.2) is 0 Å². The number of benzene rings is 1. The summed E-state index contributed by atoms with van der Waals surface area (Å²) in [6, 6.07) is 6.21. The van der Waals surface area contributed by atoms with Gasteiger partial charge in [0.1, 0.15) is 9.73 Å². The molecular weight excluding hydrogens is 412 g/mol. The van der Waals surface area contributed by atoms with Crippen molar-refractivity contribution in [3.05, 3.63) is 51.4 Å². The zero-order chi connectivity index (χ0) is 21.3. The highest BCUT2D eigenvalue weighted by Gasteiger charge is 2.22. The molecule has 0 aliphatic carbocycles. The fraction of sp³-hybridized carbons (Fsp3) is 0.316. The minimum absolute atomic E-state index is 0.00556. The molecule has 0 spiro atoms. The number of rotatable bonds is 6. The van der Waals surface area contributed by atoms with E-state index in [4.69, 9.17) is 0 Å². The average molecular weight is 435 g/mol. The molecule has 0 fully saturated rings. The number of aromatic nitrogens is 2. The van der Waals surface area contributed by atoms with Gasteiger partial charge in [0, 0.05) is 31.9 Å². The van der Waals surface area contributed by atoms with Gasteiger partial charge in [0.05, 0.1) is 17.4 Å². The molecule has 1 N–H and O–H groups in total. The van der Waals surface area contributed by atoms with Crippen molar-refractivity contribution in [2.45, 2.75) is 31.7 Å². The second-order valence-corrected chi connectivity index (χ2v) is 10.1. The van der Waals surface area contributed by atoms with Crippen molar-refractivity contribution in [2.24, 2.45) is 0 Å². The monoisotopic (exact) mass is 434 g/mol. The first-order valence-electron chi connectivity index (χ1n) is 8.89. The maximum atomic E-state index is 12.7. The van der Waals surface area contributed by atoms with E-state index in [1.54, 1.807) is 12.1 Å². The Bertz CT molecular complexity index is 1240. The lowest BCUT2D eigenvalue weighted by molar-refractivity contribution is -0.116. The van der Waals surface area contributed by atoms with Crippen LogP contribution in [0.25, 0.3) is 10.2 Å². The van der Waals surface area contributed by atoms with Crippen LogP contribution in [0.1, 0.15) is 16.9 Å². The number of para-hydroxylation sites is 1. The molecule has 2 aromatic heterocycles. The first-order chi connectivity index (χ1) is 13.6. The molecule has 1 aromatic carbocycles. The molecule has 2 heterocycles. The molecule has 1 amide bonds. The summed E-state index contributed by atoms with van der Waals surface area (Å²) in [5.74, 6) is -0.392. The maximum absolute atomic E-state index is 12.7. The minimum atomic E-state index is -3.70. The van der Waals surface area contributed by atoms with Crippen molar-refractivity contribution in [1.29, 1.82) is 0 Å². The third-order valence-corrected chi connectivity index (χ3v) is 7.64. The van der Waals surface area contributed by atoms with Gasteiger partial charge in [0.2, 0.25) is 15.9 Å². The molecule has 3 aromatic rings. The summed E-state index contributed by atoms with van der Waals surface area (Å²) in [6.07, 6.45) is 1.45. The number of nitrogens with one attached hydrogen (secondary N) is 1. The van der Waals surface area contributed by atoms with Gasteiger partial charge in [-0.2, -0.15) is 0 Å². The molecular formula is C19H22N4O4S2. The van der Waals surface area contributed by atoms with Crippen LogP contribution in [0.2, 0.25) is 0 Å². The quantitative estimate of drug-likeness (QED) is 0.642. The lowest BCUT2D eigenvalue weighted by atomic mass is 10.2. The van der Waals surface area contributed by atoms with E-state index in [1.807, 2.05) is 13.8 Å². The van der Waals surface area contributed by atoms with Crippen molar-refractivity contribution in [3.8, 4) is 0 Å². The second kappa shape index (κ2) is 8.05. The fourth-order valence-corrected chi connectivity index (χ4v) is 4.88. The third kappa shape index (κ3) is 4.09. The van der Waals surface area contributed by atoms with E-state index in [0.29, 0.717) is 10.2 Å². The Balaban J connectivity index is 1.79. The predicted molar refractivity (Wildman–Crippen MR) is 114 cm³/mol. The van der Waals surface area contributed by atoms with Crippen LogP contribution >= 0.6 is 11.3 Å². The summed E-state index contributed by atoms with van der Waals surface area (Å²) in [4.78, 5) is 31.2. The van der Waals surface area contributed by atoms with Crippen LogP contribution in [-0.4, -0.2) is 42.3 Å². The Morgan fingerprint density at radius 2 is 1.93 bits per heavy atom. The lowest BCUT2D eigenvalue weighted by Gasteiger charge is -2.15. The Morgan fingerprint density at radius 1 is 1.24 bits per heavy atom. The highest BCUT2D eigenvalue weighted by molar-refractivity contribution is 7.89. The lowest BCUT2D eigenvalue weighted by Crippen LogP contribution is -2.25. The Labute approximate surface area is 172 Å². The highest BCUT2D eigenvalue weighted by Crippen LogP contribution is 2.25. The molecule has 0 aliphatic heterocycles. The summed E-state index contributed by atoms with van der Waals surface area (Å²) in [6.45, 7) is 3.97. The molecule has 154 valence electrons. The van der Waals surface area contributed by atoms with Crippen molar-refractivity contribution >= 4 is 43.2 Å². The molecule has 8 nitrogen and oxygen atoms in total. The number of hydrogen-bond acceptors (Lipinski definition) is 6. The van der Waals surface area contributed by atoms with Crippen LogP contribution in [0.4, 0.5) is 5.69 Å². The van der Waals surface area contributed by atoms with Crippen LogP contribution in [0.15, 0.2) is 40.3 Å². The molecule has 3 rings (SSSR count). The van der Waals surface area contributed by atoms with Crippen LogP contribution in [-0.2, 0) is 21.4 Å². The van der Waals surface area contributed by atoms with Crippen molar-refractivity contribution in [2.75, 3.05) is 19.4 Å². The van der Waals surface area contributed by atoms with E-state index in [0.717, 1.165) is 14.7 Å². The summed E-state index contributed by atoms with van der Waals surface area (Å²) >= 11 is 1.47. The summed E-state index contributed by atoms with van der Waals surface area (Å²) in [7, 11) is -0.843. The maximum Gasteiger partial charge on any atom is 0.262 e. The van der Waals surface area contributed by atoms with Crippen LogP contribution in [0.5, 0.6) is 0 Å². The molecule has 0 saturated carbocycles. The van der Waals surface area contributed by atoms with Crippen molar-refractivity contribution in [3.63, 3.8) is 0 Å².